The summed E-state index contributed by atoms with van der Waals surface area (Å²) in [5, 5.41) is 0. The van der Waals surface area contributed by atoms with Gasteiger partial charge in [-0.2, -0.15) is 0 Å². The fraction of sp³-hybridized carbons (Fsp3) is 0.278. The SMILES string of the molecule is CCOC(=O)CN(C(=O)COc1cccc(C)c1)c1ccc(F)cn1. The summed E-state index contributed by atoms with van der Waals surface area (Å²) >= 11 is 0. The molecule has 0 unspecified atom stereocenters. The van der Waals surface area contributed by atoms with E-state index in [4.69, 9.17) is 9.47 Å². The zero-order chi connectivity index (χ0) is 18.2. The first-order chi connectivity index (χ1) is 12.0. The summed E-state index contributed by atoms with van der Waals surface area (Å²) in [7, 11) is 0. The van der Waals surface area contributed by atoms with Crippen LogP contribution in [0.5, 0.6) is 5.75 Å². The van der Waals surface area contributed by atoms with Crippen molar-refractivity contribution in [1.82, 2.24) is 4.98 Å². The molecular formula is C18H19FN2O4. The molecular weight excluding hydrogens is 327 g/mol. The number of pyridine rings is 1. The maximum atomic E-state index is 13.1. The molecule has 0 spiro atoms. The Morgan fingerprint density at radius 2 is 2.04 bits per heavy atom. The van der Waals surface area contributed by atoms with Gasteiger partial charge in [0.15, 0.2) is 6.61 Å². The molecule has 1 amide bonds. The van der Waals surface area contributed by atoms with Crippen LogP contribution in [0.4, 0.5) is 10.2 Å². The van der Waals surface area contributed by atoms with Crippen molar-refractivity contribution in [3.63, 3.8) is 0 Å². The van der Waals surface area contributed by atoms with E-state index in [1.54, 1.807) is 19.1 Å². The molecule has 0 aliphatic carbocycles. The molecule has 132 valence electrons. The monoisotopic (exact) mass is 346 g/mol. The first kappa shape index (κ1) is 18.4. The number of amides is 1. The third-order valence-corrected chi connectivity index (χ3v) is 3.23. The van der Waals surface area contributed by atoms with Crippen LogP contribution in [0.3, 0.4) is 0 Å². The number of benzene rings is 1. The van der Waals surface area contributed by atoms with Crippen molar-refractivity contribution >= 4 is 17.7 Å². The molecule has 0 saturated carbocycles. The zero-order valence-electron chi connectivity index (χ0n) is 14.1. The topological polar surface area (TPSA) is 68.7 Å². The van der Waals surface area contributed by atoms with Gasteiger partial charge in [0, 0.05) is 0 Å². The summed E-state index contributed by atoms with van der Waals surface area (Å²) < 4.78 is 23.4. The number of aromatic nitrogens is 1. The molecule has 1 heterocycles. The normalized spacial score (nSPS) is 10.2. The Hall–Kier alpha value is -2.96. The average molecular weight is 346 g/mol. The fourth-order valence-electron chi connectivity index (χ4n) is 2.09. The lowest BCUT2D eigenvalue weighted by molar-refractivity contribution is -0.142. The highest BCUT2D eigenvalue weighted by atomic mass is 19.1. The summed E-state index contributed by atoms with van der Waals surface area (Å²) in [6, 6.07) is 9.72. The molecule has 0 radical (unpaired) electrons. The first-order valence-corrected chi connectivity index (χ1v) is 7.76. The Kier molecular flexibility index (Phi) is 6.45. The van der Waals surface area contributed by atoms with E-state index in [9.17, 15) is 14.0 Å². The Morgan fingerprint density at radius 1 is 1.24 bits per heavy atom. The van der Waals surface area contributed by atoms with Crippen molar-refractivity contribution in [3.05, 3.63) is 54.0 Å². The van der Waals surface area contributed by atoms with E-state index >= 15 is 0 Å². The van der Waals surface area contributed by atoms with Crippen molar-refractivity contribution in [2.24, 2.45) is 0 Å². The minimum absolute atomic E-state index is 0.146. The molecule has 1 aromatic heterocycles. The van der Waals surface area contributed by atoms with Gasteiger partial charge in [0.2, 0.25) is 0 Å². The van der Waals surface area contributed by atoms with Crippen molar-refractivity contribution in [3.8, 4) is 5.75 Å². The number of carbonyl (C=O) groups is 2. The van der Waals surface area contributed by atoms with Crippen LogP contribution in [0.2, 0.25) is 0 Å². The van der Waals surface area contributed by atoms with E-state index in [1.807, 2.05) is 19.1 Å². The Labute approximate surface area is 145 Å². The standard InChI is InChI=1S/C18H19FN2O4/c1-3-24-18(23)11-21(16-8-7-14(19)10-20-16)17(22)12-25-15-6-4-5-13(2)9-15/h4-10H,3,11-12H2,1-2H3. The van der Waals surface area contributed by atoms with E-state index in [0.717, 1.165) is 22.7 Å². The summed E-state index contributed by atoms with van der Waals surface area (Å²) in [5.74, 6) is -0.932. The molecule has 0 saturated heterocycles. The smallest absolute Gasteiger partial charge is 0.326 e. The van der Waals surface area contributed by atoms with Crippen LogP contribution in [0.25, 0.3) is 0 Å². The van der Waals surface area contributed by atoms with Crippen LogP contribution in [-0.2, 0) is 14.3 Å². The molecule has 6 nitrogen and oxygen atoms in total. The highest BCUT2D eigenvalue weighted by Gasteiger charge is 2.21. The summed E-state index contributed by atoms with van der Waals surface area (Å²) in [6.07, 6.45) is 0.974. The van der Waals surface area contributed by atoms with Gasteiger partial charge in [0.1, 0.15) is 23.9 Å². The Morgan fingerprint density at radius 3 is 2.68 bits per heavy atom. The van der Waals surface area contributed by atoms with Crippen molar-refractivity contribution in [2.45, 2.75) is 13.8 Å². The highest BCUT2D eigenvalue weighted by Crippen LogP contribution is 2.15. The number of halogens is 1. The van der Waals surface area contributed by atoms with Crippen molar-refractivity contribution < 1.29 is 23.5 Å². The molecule has 0 atom stereocenters. The quantitative estimate of drug-likeness (QED) is 0.721. The molecule has 2 rings (SSSR count). The van der Waals surface area contributed by atoms with Crippen LogP contribution < -0.4 is 9.64 Å². The van der Waals surface area contributed by atoms with Crippen LogP contribution in [0, 0.1) is 12.7 Å². The lowest BCUT2D eigenvalue weighted by Crippen LogP contribution is -2.40. The predicted molar refractivity (Wildman–Crippen MR) is 89.9 cm³/mol. The molecule has 1 aromatic carbocycles. The molecule has 0 N–H and O–H groups in total. The number of rotatable bonds is 7. The fourth-order valence-corrected chi connectivity index (χ4v) is 2.09. The predicted octanol–water partition coefficient (Wildman–Crippen LogP) is 2.50. The Balaban J connectivity index is 2.11. The van der Waals surface area contributed by atoms with Gasteiger partial charge in [0.05, 0.1) is 12.8 Å². The number of hydrogen-bond donors (Lipinski definition) is 0. The molecule has 0 aliphatic heterocycles. The van der Waals surface area contributed by atoms with Gasteiger partial charge in [-0.1, -0.05) is 12.1 Å². The van der Waals surface area contributed by atoms with Gasteiger partial charge in [-0.05, 0) is 43.7 Å². The van der Waals surface area contributed by atoms with E-state index in [0.29, 0.717) is 5.75 Å². The molecule has 0 bridgehead atoms. The molecule has 25 heavy (non-hydrogen) atoms. The zero-order valence-corrected chi connectivity index (χ0v) is 14.1. The minimum atomic E-state index is -0.586. The van der Waals surface area contributed by atoms with Crippen molar-refractivity contribution in [1.29, 1.82) is 0 Å². The maximum Gasteiger partial charge on any atom is 0.326 e. The van der Waals surface area contributed by atoms with Gasteiger partial charge < -0.3 is 9.47 Å². The summed E-state index contributed by atoms with van der Waals surface area (Å²) in [4.78, 5) is 29.2. The number of hydrogen-bond acceptors (Lipinski definition) is 5. The first-order valence-electron chi connectivity index (χ1n) is 7.76. The second kappa shape index (κ2) is 8.77. The lowest BCUT2D eigenvalue weighted by atomic mass is 10.2. The van der Waals surface area contributed by atoms with E-state index in [2.05, 4.69) is 4.98 Å². The number of anilines is 1. The number of ether oxygens (including phenoxy) is 2. The molecule has 0 aliphatic rings. The third kappa shape index (κ3) is 5.56. The molecule has 7 heteroatoms. The molecule has 0 fully saturated rings. The van der Waals surface area contributed by atoms with Crippen LogP contribution in [-0.4, -0.2) is 36.6 Å². The second-order valence-electron chi connectivity index (χ2n) is 5.22. The van der Waals surface area contributed by atoms with E-state index in [1.165, 1.54) is 6.07 Å². The van der Waals surface area contributed by atoms with Gasteiger partial charge in [-0.25, -0.2) is 9.37 Å². The van der Waals surface area contributed by atoms with Crippen LogP contribution >= 0.6 is 0 Å². The summed E-state index contributed by atoms with van der Waals surface area (Å²) in [6.45, 7) is 3.15. The van der Waals surface area contributed by atoms with Gasteiger partial charge in [-0.3, -0.25) is 14.5 Å². The summed E-state index contributed by atoms with van der Waals surface area (Å²) in [5.41, 5.74) is 0.994. The third-order valence-electron chi connectivity index (χ3n) is 3.23. The molecule has 2 aromatic rings. The number of nitrogens with zero attached hydrogens (tertiary/aromatic N) is 2. The number of esters is 1. The number of carbonyl (C=O) groups excluding carboxylic acids is 2. The van der Waals surface area contributed by atoms with Crippen molar-refractivity contribution in [2.75, 3.05) is 24.7 Å². The van der Waals surface area contributed by atoms with E-state index in [-0.39, 0.29) is 25.6 Å². The van der Waals surface area contributed by atoms with Crippen LogP contribution in [0.15, 0.2) is 42.6 Å². The second-order valence-corrected chi connectivity index (χ2v) is 5.22. The Bertz CT molecular complexity index is 734. The van der Waals surface area contributed by atoms with Gasteiger partial charge in [-0.15, -0.1) is 0 Å². The largest absolute Gasteiger partial charge is 0.484 e. The van der Waals surface area contributed by atoms with Crippen LogP contribution in [0.1, 0.15) is 12.5 Å². The van der Waals surface area contributed by atoms with E-state index < -0.39 is 17.7 Å². The number of aryl methyl sites for hydroxylation is 1. The van der Waals surface area contributed by atoms with Gasteiger partial charge >= 0.3 is 5.97 Å². The lowest BCUT2D eigenvalue weighted by Gasteiger charge is -2.21. The van der Waals surface area contributed by atoms with Gasteiger partial charge in [0.25, 0.3) is 5.91 Å². The maximum absolute atomic E-state index is 13.1. The highest BCUT2D eigenvalue weighted by molar-refractivity contribution is 5.97. The minimum Gasteiger partial charge on any atom is -0.484 e. The average Bonchev–Trinajstić information content (AvgIpc) is 2.59.